The third kappa shape index (κ3) is 6.79. The molecule has 1 aromatic rings. The number of ether oxygens (including phenoxy) is 2. The maximum absolute atomic E-state index is 12.0. The summed E-state index contributed by atoms with van der Waals surface area (Å²) in [6.07, 6.45) is 8.52. The lowest BCUT2D eigenvalue weighted by Crippen LogP contribution is -2.42. The Morgan fingerprint density at radius 3 is 2.67 bits per heavy atom. The number of rotatable bonds is 8. The number of hydrogen-bond acceptors (Lipinski definition) is 4. The van der Waals surface area contributed by atoms with E-state index in [0.717, 1.165) is 25.7 Å². The first-order valence-corrected chi connectivity index (χ1v) is 9.67. The van der Waals surface area contributed by atoms with Gasteiger partial charge in [-0.05, 0) is 43.5 Å². The molecule has 0 bridgehead atoms. The van der Waals surface area contributed by atoms with Gasteiger partial charge in [0.15, 0.2) is 11.5 Å². The van der Waals surface area contributed by atoms with Crippen LogP contribution in [0.1, 0.15) is 44.6 Å². The molecule has 1 saturated carbocycles. The summed E-state index contributed by atoms with van der Waals surface area (Å²) in [5, 5.41) is 5.96. The van der Waals surface area contributed by atoms with Crippen molar-refractivity contribution < 1.29 is 19.1 Å². The number of carbonyl (C=O) groups excluding carboxylic acids is 2. The number of hydrogen-bond donors (Lipinski definition) is 2. The highest BCUT2D eigenvalue weighted by Crippen LogP contribution is 2.36. The van der Waals surface area contributed by atoms with E-state index in [0.29, 0.717) is 28.7 Å². The Labute approximate surface area is 165 Å². The summed E-state index contributed by atoms with van der Waals surface area (Å²) in [7, 11) is 1.53. The Morgan fingerprint density at radius 2 is 2.00 bits per heavy atom. The molecule has 0 radical (unpaired) electrons. The number of carbonyl (C=O) groups is 2. The topological polar surface area (TPSA) is 76.7 Å². The fourth-order valence-corrected chi connectivity index (χ4v) is 3.32. The van der Waals surface area contributed by atoms with Crippen molar-refractivity contribution in [2.24, 2.45) is 0 Å². The molecule has 148 valence electrons. The summed E-state index contributed by atoms with van der Waals surface area (Å²) < 4.78 is 10.7. The zero-order valence-corrected chi connectivity index (χ0v) is 16.6. The van der Waals surface area contributed by atoms with Gasteiger partial charge in [0.1, 0.15) is 0 Å². The van der Waals surface area contributed by atoms with Crippen molar-refractivity contribution in [2.45, 2.75) is 45.1 Å². The number of methoxy groups -OCH3 is 1. The van der Waals surface area contributed by atoms with Gasteiger partial charge in [0.25, 0.3) is 0 Å². The molecule has 2 rings (SSSR count). The van der Waals surface area contributed by atoms with Crippen LogP contribution in [0.25, 0.3) is 6.08 Å². The molecule has 1 aliphatic carbocycles. The van der Waals surface area contributed by atoms with Crippen LogP contribution in [0.2, 0.25) is 5.02 Å². The maximum Gasteiger partial charge on any atom is 0.244 e. The molecule has 0 spiro atoms. The van der Waals surface area contributed by atoms with E-state index in [4.69, 9.17) is 21.1 Å². The molecule has 7 heteroatoms. The zero-order chi connectivity index (χ0) is 19.6. The summed E-state index contributed by atoms with van der Waals surface area (Å²) in [4.78, 5) is 23.9. The number of benzene rings is 1. The maximum atomic E-state index is 12.0. The summed E-state index contributed by atoms with van der Waals surface area (Å²) >= 11 is 6.21. The highest BCUT2D eigenvalue weighted by atomic mass is 35.5. The third-order valence-corrected chi connectivity index (χ3v) is 4.64. The minimum absolute atomic E-state index is 0.0347. The van der Waals surface area contributed by atoms with Crippen LogP contribution in [0.15, 0.2) is 18.2 Å². The summed E-state index contributed by atoms with van der Waals surface area (Å²) in [5.74, 6) is 0.464. The van der Waals surface area contributed by atoms with Crippen molar-refractivity contribution >= 4 is 29.5 Å². The average molecular weight is 395 g/mol. The van der Waals surface area contributed by atoms with E-state index >= 15 is 0 Å². The van der Waals surface area contributed by atoms with E-state index in [1.54, 1.807) is 18.2 Å². The Kier molecular flexibility index (Phi) is 8.45. The summed E-state index contributed by atoms with van der Waals surface area (Å²) in [6, 6.07) is 3.66. The van der Waals surface area contributed by atoms with Gasteiger partial charge in [-0.2, -0.15) is 0 Å². The monoisotopic (exact) mass is 394 g/mol. The van der Waals surface area contributed by atoms with Crippen LogP contribution in [0, 0.1) is 0 Å². The molecule has 0 unspecified atom stereocenters. The van der Waals surface area contributed by atoms with Crippen molar-refractivity contribution in [2.75, 3.05) is 20.3 Å². The molecular weight excluding hydrogens is 368 g/mol. The Morgan fingerprint density at radius 1 is 1.26 bits per heavy atom. The molecule has 2 amide bonds. The second kappa shape index (κ2) is 10.8. The van der Waals surface area contributed by atoms with Crippen LogP contribution in [0.5, 0.6) is 11.5 Å². The first-order chi connectivity index (χ1) is 13.0. The number of amides is 2. The molecular formula is C20H27ClN2O4. The van der Waals surface area contributed by atoms with Crippen LogP contribution < -0.4 is 20.1 Å². The zero-order valence-electron chi connectivity index (χ0n) is 15.8. The lowest BCUT2D eigenvalue weighted by atomic mass is 9.95. The number of nitrogens with one attached hydrogen (secondary N) is 2. The molecule has 6 nitrogen and oxygen atoms in total. The lowest BCUT2D eigenvalue weighted by Gasteiger charge is -2.22. The van der Waals surface area contributed by atoms with E-state index in [1.165, 1.54) is 19.6 Å². The largest absolute Gasteiger partial charge is 0.493 e. The molecule has 0 aromatic heterocycles. The Balaban J connectivity index is 1.86. The first kappa shape index (κ1) is 21.1. The molecule has 0 heterocycles. The second-order valence-corrected chi connectivity index (χ2v) is 6.83. The van der Waals surface area contributed by atoms with Crippen molar-refractivity contribution in [1.82, 2.24) is 10.6 Å². The fraction of sp³-hybridized carbons (Fsp3) is 0.500. The lowest BCUT2D eigenvalue weighted by molar-refractivity contribution is -0.124. The molecule has 1 fully saturated rings. The van der Waals surface area contributed by atoms with Gasteiger partial charge in [-0.15, -0.1) is 0 Å². The van der Waals surface area contributed by atoms with Crippen LogP contribution >= 0.6 is 11.6 Å². The van der Waals surface area contributed by atoms with E-state index < -0.39 is 0 Å². The van der Waals surface area contributed by atoms with Crippen molar-refractivity contribution in [3.8, 4) is 11.5 Å². The SMILES string of the molecule is CCOc1c(Cl)cc(/C=C/C(=O)NCC(=O)NC2CCCCC2)cc1OC. The van der Waals surface area contributed by atoms with Gasteiger partial charge in [-0.1, -0.05) is 30.9 Å². The van der Waals surface area contributed by atoms with E-state index in [-0.39, 0.29) is 24.4 Å². The van der Waals surface area contributed by atoms with Crippen LogP contribution in [-0.4, -0.2) is 38.1 Å². The van der Waals surface area contributed by atoms with E-state index in [2.05, 4.69) is 10.6 Å². The minimum Gasteiger partial charge on any atom is -0.493 e. The predicted molar refractivity (Wildman–Crippen MR) is 106 cm³/mol. The van der Waals surface area contributed by atoms with Gasteiger partial charge < -0.3 is 20.1 Å². The van der Waals surface area contributed by atoms with Gasteiger partial charge in [0.2, 0.25) is 11.8 Å². The van der Waals surface area contributed by atoms with Crippen LogP contribution in [0.3, 0.4) is 0 Å². The number of halogens is 1. The highest BCUT2D eigenvalue weighted by molar-refractivity contribution is 6.32. The average Bonchev–Trinajstić information content (AvgIpc) is 2.67. The Bertz CT molecular complexity index is 685. The van der Waals surface area contributed by atoms with Gasteiger partial charge in [0, 0.05) is 12.1 Å². The predicted octanol–water partition coefficient (Wildman–Crippen LogP) is 3.33. The van der Waals surface area contributed by atoms with Gasteiger partial charge in [-0.3, -0.25) is 9.59 Å². The van der Waals surface area contributed by atoms with Crippen LogP contribution in [-0.2, 0) is 9.59 Å². The van der Waals surface area contributed by atoms with Gasteiger partial charge >= 0.3 is 0 Å². The van der Waals surface area contributed by atoms with Gasteiger partial charge in [-0.25, -0.2) is 0 Å². The van der Waals surface area contributed by atoms with E-state index in [9.17, 15) is 9.59 Å². The normalized spacial score (nSPS) is 14.8. The summed E-state index contributed by atoms with van der Waals surface area (Å²) in [5.41, 5.74) is 0.696. The van der Waals surface area contributed by atoms with Crippen LogP contribution in [0.4, 0.5) is 0 Å². The second-order valence-electron chi connectivity index (χ2n) is 6.42. The molecule has 1 aliphatic rings. The molecule has 0 aliphatic heterocycles. The fourth-order valence-electron chi connectivity index (χ4n) is 3.04. The molecule has 2 N–H and O–H groups in total. The van der Waals surface area contributed by atoms with Crippen molar-refractivity contribution in [1.29, 1.82) is 0 Å². The quantitative estimate of drug-likeness (QED) is 0.663. The third-order valence-electron chi connectivity index (χ3n) is 4.36. The smallest absolute Gasteiger partial charge is 0.244 e. The van der Waals surface area contributed by atoms with Crippen molar-refractivity contribution in [3.63, 3.8) is 0 Å². The van der Waals surface area contributed by atoms with Crippen molar-refractivity contribution in [3.05, 3.63) is 28.8 Å². The Hall–Kier alpha value is -2.21. The standard InChI is InChI=1S/C20H27ClN2O4/c1-3-27-20-16(21)11-14(12-17(20)26-2)9-10-18(24)22-13-19(25)23-15-7-5-4-6-8-15/h9-12,15H,3-8,13H2,1-2H3,(H,22,24)(H,23,25)/b10-9+. The molecule has 1 aromatic carbocycles. The van der Waals surface area contributed by atoms with Gasteiger partial charge in [0.05, 0.1) is 25.3 Å². The highest BCUT2D eigenvalue weighted by Gasteiger charge is 2.15. The molecule has 0 atom stereocenters. The first-order valence-electron chi connectivity index (χ1n) is 9.29. The van der Waals surface area contributed by atoms with E-state index in [1.807, 2.05) is 6.92 Å². The molecule has 0 saturated heterocycles. The molecule has 27 heavy (non-hydrogen) atoms. The minimum atomic E-state index is -0.349. The summed E-state index contributed by atoms with van der Waals surface area (Å²) in [6.45, 7) is 2.29.